The van der Waals surface area contributed by atoms with Crippen molar-refractivity contribution in [3.05, 3.63) is 35.6 Å². The van der Waals surface area contributed by atoms with Crippen molar-refractivity contribution in [1.29, 1.82) is 0 Å². The Labute approximate surface area is 197 Å². The lowest BCUT2D eigenvalue weighted by atomic mass is 9.96. The van der Waals surface area contributed by atoms with E-state index in [0.717, 1.165) is 38.0 Å². The maximum Gasteiger partial charge on any atom is 0.410 e. The highest BCUT2D eigenvalue weighted by Gasteiger charge is 2.44. The molecule has 1 aliphatic heterocycles. The van der Waals surface area contributed by atoms with Crippen LogP contribution in [0.4, 0.5) is 9.18 Å². The van der Waals surface area contributed by atoms with Gasteiger partial charge in [0, 0.05) is 32.7 Å². The summed E-state index contributed by atoms with van der Waals surface area (Å²) in [5.41, 5.74) is 0.494. The van der Waals surface area contributed by atoms with Gasteiger partial charge in [-0.3, -0.25) is 14.6 Å². The Kier molecular flexibility index (Phi) is 8.04. The summed E-state index contributed by atoms with van der Waals surface area (Å²) in [6, 6.07) is 6.24. The molecule has 3 rings (SSSR count). The molecule has 2 aliphatic rings. The second-order valence-electron chi connectivity index (χ2n) is 11.2. The van der Waals surface area contributed by atoms with E-state index in [0.29, 0.717) is 18.3 Å². The van der Waals surface area contributed by atoms with Gasteiger partial charge >= 0.3 is 6.09 Å². The van der Waals surface area contributed by atoms with E-state index in [1.807, 2.05) is 32.9 Å². The van der Waals surface area contributed by atoms with Gasteiger partial charge in [-0.25, -0.2) is 9.18 Å². The number of hydrogen-bond donors (Lipinski definition) is 1. The lowest BCUT2D eigenvalue weighted by Gasteiger charge is -2.32. The molecule has 7 heteroatoms. The summed E-state index contributed by atoms with van der Waals surface area (Å²) in [7, 11) is 1.65. The van der Waals surface area contributed by atoms with Crippen LogP contribution in [-0.2, 0) is 16.1 Å². The van der Waals surface area contributed by atoms with Gasteiger partial charge in [0.1, 0.15) is 17.5 Å². The lowest BCUT2D eigenvalue weighted by molar-refractivity contribution is -0.127. The molecule has 1 heterocycles. The molecule has 1 saturated carbocycles. The van der Waals surface area contributed by atoms with Gasteiger partial charge in [-0.15, -0.1) is 0 Å². The number of nitrogens with one attached hydrogen (secondary N) is 1. The summed E-state index contributed by atoms with van der Waals surface area (Å²) in [5, 5.41) is 3.28. The Hall–Kier alpha value is -2.15. The van der Waals surface area contributed by atoms with E-state index >= 15 is 0 Å². The number of fused-ring (bicyclic) bond motifs is 1. The molecule has 0 spiro atoms. The van der Waals surface area contributed by atoms with Crippen LogP contribution in [0.25, 0.3) is 0 Å². The number of hydrogen-bond acceptors (Lipinski definition) is 4. The van der Waals surface area contributed by atoms with Crippen LogP contribution in [0.3, 0.4) is 0 Å². The first-order valence-electron chi connectivity index (χ1n) is 12.2. The molecule has 0 bridgehead atoms. The first-order valence-corrected chi connectivity index (χ1v) is 12.2. The topological polar surface area (TPSA) is 61.9 Å². The largest absolute Gasteiger partial charge is 0.444 e. The second kappa shape index (κ2) is 10.4. The second-order valence-corrected chi connectivity index (χ2v) is 11.2. The predicted octanol–water partition coefficient (Wildman–Crippen LogP) is 4.43. The molecule has 2 fully saturated rings. The van der Waals surface area contributed by atoms with Crippen LogP contribution < -0.4 is 5.32 Å². The van der Waals surface area contributed by atoms with Gasteiger partial charge in [-0.2, -0.15) is 0 Å². The van der Waals surface area contributed by atoms with Crippen molar-refractivity contribution >= 4 is 12.0 Å². The Bertz CT molecular complexity index is 821. The molecule has 1 saturated heterocycles. The van der Waals surface area contributed by atoms with Gasteiger partial charge in [0.05, 0.1) is 0 Å². The summed E-state index contributed by atoms with van der Waals surface area (Å²) in [5.74, 6) is 0.912. The minimum atomic E-state index is -0.610. The third-order valence-corrected chi connectivity index (χ3v) is 6.73. The van der Waals surface area contributed by atoms with Crippen molar-refractivity contribution in [3.8, 4) is 0 Å². The smallest absolute Gasteiger partial charge is 0.410 e. The molecule has 1 aliphatic carbocycles. The normalized spacial score (nSPS) is 23.9. The summed E-state index contributed by atoms with van der Waals surface area (Å²) in [4.78, 5) is 29.8. The molecular weight excluding hydrogens is 421 g/mol. The average Bonchev–Trinajstić information content (AvgIpc) is 3.27. The Morgan fingerprint density at radius 1 is 1.18 bits per heavy atom. The minimum Gasteiger partial charge on any atom is -0.444 e. The first-order chi connectivity index (χ1) is 15.4. The van der Waals surface area contributed by atoms with Gasteiger partial charge in [0.15, 0.2) is 0 Å². The number of carbonyl (C=O) groups excluding carboxylic acids is 2. The summed E-state index contributed by atoms with van der Waals surface area (Å²) in [6.45, 7) is 12.3. The Morgan fingerprint density at radius 3 is 2.45 bits per heavy atom. The SMILES string of the molecule is CC(C)C[C@@H](C(=O)N[C@@H]1CC[C@H]2CN(Cc3ccc(F)cc3)C[C@H]21)N(C)C(=O)OC(C)(C)C. The molecule has 184 valence electrons. The summed E-state index contributed by atoms with van der Waals surface area (Å²) in [6.07, 6.45) is 2.17. The zero-order chi connectivity index (χ0) is 24.3. The molecule has 33 heavy (non-hydrogen) atoms. The average molecular weight is 462 g/mol. The molecule has 0 radical (unpaired) electrons. The molecule has 1 aromatic carbocycles. The maximum atomic E-state index is 13.3. The van der Waals surface area contributed by atoms with E-state index in [1.165, 1.54) is 17.0 Å². The number of amides is 2. The van der Waals surface area contributed by atoms with E-state index < -0.39 is 17.7 Å². The number of carbonyl (C=O) groups is 2. The van der Waals surface area contributed by atoms with E-state index in [2.05, 4.69) is 24.1 Å². The number of benzene rings is 1. The van der Waals surface area contributed by atoms with Crippen LogP contribution in [-0.4, -0.2) is 59.6 Å². The van der Waals surface area contributed by atoms with Gasteiger partial charge in [0.25, 0.3) is 0 Å². The van der Waals surface area contributed by atoms with Gasteiger partial charge in [-0.1, -0.05) is 26.0 Å². The zero-order valence-corrected chi connectivity index (χ0v) is 20.9. The summed E-state index contributed by atoms with van der Waals surface area (Å²) >= 11 is 0. The van der Waals surface area contributed by atoms with Crippen LogP contribution in [0, 0.1) is 23.6 Å². The highest BCUT2D eigenvalue weighted by atomic mass is 19.1. The molecular formula is C26H40FN3O3. The van der Waals surface area contributed by atoms with Crippen molar-refractivity contribution in [1.82, 2.24) is 15.1 Å². The fourth-order valence-electron chi connectivity index (χ4n) is 5.14. The van der Waals surface area contributed by atoms with Crippen LogP contribution in [0.1, 0.15) is 59.4 Å². The number of nitrogens with zero attached hydrogens (tertiary/aromatic N) is 2. The van der Waals surface area contributed by atoms with Crippen LogP contribution in [0.5, 0.6) is 0 Å². The van der Waals surface area contributed by atoms with E-state index in [-0.39, 0.29) is 23.7 Å². The lowest BCUT2D eigenvalue weighted by Crippen LogP contribution is -2.52. The number of halogens is 1. The van der Waals surface area contributed by atoms with Gasteiger partial charge < -0.3 is 10.1 Å². The quantitative estimate of drug-likeness (QED) is 0.652. The van der Waals surface area contributed by atoms with Crippen LogP contribution >= 0.6 is 0 Å². The highest BCUT2D eigenvalue weighted by molar-refractivity contribution is 5.86. The number of ether oxygens (including phenoxy) is 1. The molecule has 0 unspecified atom stereocenters. The monoisotopic (exact) mass is 461 g/mol. The highest BCUT2D eigenvalue weighted by Crippen LogP contribution is 2.39. The molecule has 2 amide bonds. The van der Waals surface area contributed by atoms with Gasteiger partial charge in [-0.05, 0) is 75.5 Å². The Morgan fingerprint density at radius 2 is 1.85 bits per heavy atom. The molecule has 1 aromatic rings. The van der Waals surface area contributed by atoms with Crippen molar-refractivity contribution in [2.75, 3.05) is 20.1 Å². The number of likely N-dealkylation sites (N-methyl/N-ethyl adjacent to an activating group) is 1. The number of rotatable bonds is 7. The zero-order valence-electron chi connectivity index (χ0n) is 20.9. The third-order valence-electron chi connectivity index (χ3n) is 6.73. The number of likely N-dealkylation sites (tertiary alicyclic amines) is 1. The van der Waals surface area contributed by atoms with Gasteiger partial charge in [0.2, 0.25) is 5.91 Å². The van der Waals surface area contributed by atoms with E-state index in [4.69, 9.17) is 4.74 Å². The van der Waals surface area contributed by atoms with Crippen molar-refractivity contribution in [2.24, 2.45) is 17.8 Å². The van der Waals surface area contributed by atoms with Crippen molar-refractivity contribution in [2.45, 2.75) is 78.1 Å². The summed E-state index contributed by atoms with van der Waals surface area (Å²) < 4.78 is 18.7. The maximum absolute atomic E-state index is 13.3. The van der Waals surface area contributed by atoms with Crippen LogP contribution in [0.2, 0.25) is 0 Å². The standard InChI is InChI=1S/C26H40FN3O3/c1-17(2)13-23(29(6)25(32)33-26(3,4)5)24(31)28-22-12-9-19-15-30(16-21(19)22)14-18-7-10-20(27)11-8-18/h7-8,10-11,17,19,21-23H,9,12-16H2,1-6H3,(H,28,31)/t19-,21+,22+,23-/m0/s1. The first kappa shape index (κ1) is 25.5. The fraction of sp³-hybridized carbons (Fsp3) is 0.692. The minimum absolute atomic E-state index is 0.0975. The van der Waals surface area contributed by atoms with Crippen molar-refractivity contribution < 1.29 is 18.7 Å². The molecule has 0 aromatic heterocycles. The predicted molar refractivity (Wildman–Crippen MR) is 127 cm³/mol. The molecule has 6 nitrogen and oxygen atoms in total. The Balaban J connectivity index is 1.61. The van der Waals surface area contributed by atoms with Crippen molar-refractivity contribution in [3.63, 3.8) is 0 Å². The third kappa shape index (κ3) is 6.92. The molecule has 4 atom stereocenters. The van der Waals surface area contributed by atoms with E-state index in [1.54, 1.807) is 7.05 Å². The fourth-order valence-corrected chi connectivity index (χ4v) is 5.14. The molecule has 1 N–H and O–H groups in total. The van der Waals surface area contributed by atoms with E-state index in [9.17, 15) is 14.0 Å². The van der Waals surface area contributed by atoms with Crippen LogP contribution in [0.15, 0.2) is 24.3 Å².